The van der Waals surface area contributed by atoms with Crippen LogP contribution in [0.25, 0.3) is 22.0 Å². The summed E-state index contributed by atoms with van der Waals surface area (Å²) in [5, 5.41) is 9.70. The van der Waals surface area contributed by atoms with E-state index in [-0.39, 0.29) is 23.6 Å². The first-order valence-corrected chi connectivity index (χ1v) is 12.2. The molecule has 5 rings (SSSR count). The molecule has 5 nitrogen and oxygen atoms in total. The number of carbonyl (C=O) groups excluding carboxylic acids is 1. The number of aromatic nitrogens is 2. The third kappa shape index (κ3) is 4.62. The Morgan fingerprint density at radius 3 is 2.78 bits per heavy atom. The van der Waals surface area contributed by atoms with Crippen molar-refractivity contribution in [2.24, 2.45) is 11.7 Å². The van der Waals surface area contributed by atoms with Gasteiger partial charge in [-0.15, -0.1) is 0 Å². The topological polar surface area (TPSA) is 92.7 Å². The normalized spacial score (nSPS) is 19.7. The summed E-state index contributed by atoms with van der Waals surface area (Å²) < 4.78 is 14.9. The minimum atomic E-state index is -0.461. The molecule has 0 aliphatic heterocycles. The van der Waals surface area contributed by atoms with Crippen LogP contribution in [-0.4, -0.2) is 21.8 Å². The van der Waals surface area contributed by atoms with Gasteiger partial charge >= 0.3 is 0 Å². The van der Waals surface area contributed by atoms with E-state index in [9.17, 15) is 14.4 Å². The van der Waals surface area contributed by atoms with E-state index >= 15 is 0 Å². The van der Waals surface area contributed by atoms with Crippen LogP contribution in [-0.2, 0) is 6.42 Å². The number of rotatable bonds is 5. The monoisotopic (exact) mass is 478 g/mol. The molecular formula is C30H27FN4O. The van der Waals surface area contributed by atoms with Crippen molar-refractivity contribution in [2.45, 2.75) is 44.6 Å². The zero-order chi connectivity index (χ0) is 25.2. The first-order chi connectivity index (χ1) is 17.4. The maximum Gasteiger partial charge on any atom is 0.169 e. The predicted octanol–water partition coefficient (Wildman–Crippen LogP) is 5.96. The van der Waals surface area contributed by atoms with Crippen LogP contribution in [0.2, 0.25) is 0 Å². The maximum atomic E-state index is 14.9. The predicted molar refractivity (Wildman–Crippen MR) is 138 cm³/mol. The minimum absolute atomic E-state index is 0.139. The molecule has 2 aromatic heterocycles. The standard InChI is InChI=1S/C30H27FN4O/c1-18-10-20(12-23(33)11-18)25-8-9-34-16-22(25)14-29(36)26-6-7-28(31)27-13-21(17-35-30(26)27)24-5-3-2-4-19(24)15-32/h2-9,13,16-18,20,23H,10-12,14,33H2,1H3/t18-,20+,23-/m0/s1. The zero-order valence-electron chi connectivity index (χ0n) is 20.1. The molecule has 0 saturated heterocycles. The Morgan fingerprint density at radius 2 is 1.97 bits per heavy atom. The molecule has 2 heterocycles. The molecular weight excluding hydrogens is 451 g/mol. The Balaban J connectivity index is 1.50. The van der Waals surface area contributed by atoms with Crippen LogP contribution >= 0.6 is 0 Å². The number of pyridine rings is 2. The fraction of sp³-hybridized carbons (Fsp3) is 0.267. The first kappa shape index (κ1) is 23.8. The Kier molecular flexibility index (Phi) is 6.58. The number of fused-ring (bicyclic) bond motifs is 1. The van der Waals surface area contributed by atoms with E-state index in [0.717, 1.165) is 30.4 Å². The summed E-state index contributed by atoms with van der Waals surface area (Å²) in [6, 6.07) is 15.9. The number of hydrogen-bond acceptors (Lipinski definition) is 5. The van der Waals surface area contributed by atoms with Crippen LogP contribution in [0.15, 0.2) is 67.1 Å². The van der Waals surface area contributed by atoms with E-state index in [1.807, 2.05) is 12.1 Å². The first-order valence-electron chi connectivity index (χ1n) is 12.2. The third-order valence-electron chi connectivity index (χ3n) is 7.17. The maximum absolute atomic E-state index is 14.9. The lowest BCUT2D eigenvalue weighted by molar-refractivity contribution is 0.0994. The van der Waals surface area contributed by atoms with Crippen molar-refractivity contribution in [1.29, 1.82) is 5.26 Å². The lowest BCUT2D eigenvalue weighted by atomic mass is 9.75. The van der Waals surface area contributed by atoms with E-state index in [4.69, 9.17) is 5.73 Å². The van der Waals surface area contributed by atoms with Crippen molar-refractivity contribution in [3.8, 4) is 17.2 Å². The summed E-state index contributed by atoms with van der Waals surface area (Å²) in [6.45, 7) is 2.22. The molecule has 180 valence electrons. The Bertz CT molecular complexity index is 1480. The van der Waals surface area contributed by atoms with Crippen LogP contribution in [0.1, 0.15) is 59.2 Å². The van der Waals surface area contributed by atoms with E-state index < -0.39 is 5.82 Å². The van der Waals surface area contributed by atoms with Gasteiger partial charge in [0, 0.05) is 53.1 Å². The van der Waals surface area contributed by atoms with Gasteiger partial charge < -0.3 is 5.73 Å². The van der Waals surface area contributed by atoms with Gasteiger partial charge in [0.15, 0.2) is 5.78 Å². The van der Waals surface area contributed by atoms with E-state index in [1.54, 1.807) is 42.9 Å². The molecule has 3 atom stereocenters. The molecule has 1 aliphatic rings. The number of Topliss-reactive ketones (excluding diaryl/α,β-unsaturated/α-hetero) is 1. The van der Waals surface area contributed by atoms with Gasteiger partial charge in [-0.3, -0.25) is 14.8 Å². The molecule has 6 heteroatoms. The van der Waals surface area contributed by atoms with Gasteiger partial charge in [0.2, 0.25) is 0 Å². The highest BCUT2D eigenvalue weighted by atomic mass is 19.1. The smallest absolute Gasteiger partial charge is 0.169 e. The number of nitrogens with two attached hydrogens (primary N) is 1. The average molecular weight is 479 g/mol. The highest BCUT2D eigenvalue weighted by molar-refractivity contribution is 6.08. The molecule has 1 aliphatic carbocycles. The second-order valence-electron chi connectivity index (χ2n) is 9.82. The van der Waals surface area contributed by atoms with Gasteiger partial charge in [0.25, 0.3) is 0 Å². The fourth-order valence-corrected chi connectivity index (χ4v) is 5.55. The van der Waals surface area contributed by atoms with E-state index in [2.05, 4.69) is 23.0 Å². The van der Waals surface area contributed by atoms with Crippen molar-refractivity contribution in [3.63, 3.8) is 0 Å². The summed E-state index contributed by atoms with van der Waals surface area (Å²) in [5.41, 5.74) is 10.8. The number of nitrogens with zero attached hydrogens (tertiary/aromatic N) is 3. The SMILES string of the molecule is C[C@@H]1C[C@H](N)C[C@H](c2ccncc2CC(=O)c2ccc(F)c3cc(-c4ccccc4C#N)cnc23)C1. The van der Waals surface area contributed by atoms with Crippen molar-refractivity contribution >= 4 is 16.7 Å². The molecule has 0 bridgehead atoms. The van der Waals surface area contributed by atoms with Gasteiger partial charge in [-0.1, -0.05) is 25.1 Å². The molecule has 2 N–H and O–H groups in total. The summed E-state index contributed by atoms with van der Waals surface area (Å²) in [5.74, 6) is 0.221. The average Bonchev–Trinajstić information content (AvgIpc) is 2.88. The van der Waals surface area contributed by atoms with Crippen LogP contribution in [0.4, 0.5) is 4.39 Å². The van der Waals surface area contributed by atoms with Gasteiger partial charge in [-0.2, -0.15) is 5.26 Å². The lowest BCUT2D eigenvalue weighted by Gasteiger charge is -2.32. The van der Waals surface area contributed by atoms with Crippen molar-refractivity contribution < 1.29 is 9.18 Å². The summed E-state index contributed by atoms with van der Waals surface area (Å²) in [7, 11) is 0. The molecule has 4 aromatic rings. The largest absolute Gasteiger partial charge is 0.328 e. The van der Waals surface area contributed by atoms with Crippen molar-refractivity contribution in [3.05, 3.63) is 95.2 Å². The Morgan fingerprint density at radius 1 is 1.14 bits per heavy atom. The quantitative estimate of drug-likeness (QED) is 0.357. The van der Waals surface area contributed by atoms with E-state index in [1.165, 1.54) is 12.1 Å². The highest BCUT2D eigenvalue weighted by Crippen LogP contribution is 2.37. The lowest BCUT2D eigenvalue weighted by Crippen LogP contribution is -2.31. The highest BCUT2D eigenvalue weighted by Gasteiger charge is 2.27. The zero-order valence-corrected chi connectivity index (χ0v) is 20.1. The number of hydrogen-bond donors (Lipinski definition) is 1. The van der Waals surface area contributed by atoms with Gasteiger partial charge in [-0.25, -0.2) is 4.39 Å². The fourth-order valence-electron chi connectivity index (χ4n) is 5.55. The van der Waals surface area contributed by atoms with Gasteiger partial charge in [0.05, 0.1) is 17.1 Å². The molecule has 2 aromatic carbocycles. The summed E-state index contributed by atoms with van der Waals surface area (Å²) >= 11 is 0. The minimum Gasteiger partial charge on any atom is -0.328 e. The molecule has 0 unspecified atom stereocenters. The number of nitriles is 1. The molecule has 0 radical (unpaired) electrons. The van der Waals surface area contributed by atoms with Gasteiger partial charge in [-0.05, 0) is 72.6 Å². The number of halogens is 1. The number of carbonyl (C=O) groups is 1. The number of benzene rings is 2. The molecule has 36 heavy (non-hydrogen) atoms. The second-order valence-corrected chi connectivity index (χ2v) is 9.82. The Hall–Kier alpha value is -3.95. The molecule has 1 saturated carbocycles. The molecule has 0 spiro atoms. The van der Waals surface area contributed by atoms with Crippen LogP contribution in [0.3, 0.4) is 0 Å². The van der Waals surface area contributed by atoms with Crippen molar-refractivity contribution in [2.75, 3.05) is 0 Å². The molecule has 0 amide bonds. The van der Waals surface area contributed by atoms with Gasteiger partial charge in [0.1, 0.15) is 5.82 Å². The third-order valence-corrected chi connectivity index (χ3v) is 7.17. The van der Waals surface area contributed by atoms with E-state index in [0.29, 0.717) is 39.6 Å². The van der Waals surface area contributed by atoms with Crippen LogP contribution in [0, 0.1) is 23.1 Å². The molecule has 1 fully saturated rings. The second kappa shape index (κ2) is 9.96. The Labute approximate surface area is 209 Å². The summed E-state index contributed by atoms with van der Waals surface area (Å²) in [6.07, 6.45) is 8.22. The van der Waals surface area contributed by atoms with Crippen LogP contribution < -0.4 is 5.73 Å². The summed E-state index contributed by atoms with van der Waals surface area (Å²) in [4.78, 5) is 22.3. The number of ketones is 1. The van der Waals surface area contributed by atoms with Crippen LogP contribution in [0.5, 0.6) is 0 Å². The van der Waals surface area contributed by atoms with Crippen molar-refractivity contribution in [1.82, 2.24) is 9.97 Å².